The van der Waals surface area contributed by atoms with Crippen LogP contribution in [0.4, 0.5) is 15.0 Å². The third-order valence-electron chi connectivity index (χ3n) is 6.03. The number of halogens is 1. The highest BCUT2D eigenvalue weighted by atomic mass is 19.1. The second-order valence-electron chi connectivity index (χ2n) is 10.6. The Labute approximate surface area is 245 Å². The van der Waals surface area contributed by atoms with Crippen molar-refractivity contribution in [2.24, 2.45) is 4.99 Å². The molecule has 224 valence electrons. The zero-order valence-electron chi connectivity index (χ0n) is 25.0. The third kappa shape index (κ3) is 8.25. The molecule has 1 aromatic carbocycles. The van der Waals surface area contributed by atoms with Gasteiger partial charge in [0.1, 0.15) is 28.8 Å². The molecule has 42 heavy (non-hydrogen) atoms. The van der Waals surface area contributed by atoms with Gasteiger partial charge >= 0.3 is 12.1 Å². The number of fused-ring (bicyclic) bond motifs is 1. The number of methoxy groups -OCH3 is 1. The molecule has 2 amide bonds. The van der Waals surface area contributed by atoms with E-state index in [-0.39, 0.29) is 17.9 Å². The van der Waals surface area contributed by atoms with E-state index >= 15 is 0 Å². The van der Waals surface area contributed by atoms with Gasteiger partial charge in [-0.05, 0) is 75.6 Å². The summed E-state index contributed by atoms with van der Waals surface area (Å²) in [6.07, 6.45) is 6.96. The molecule has 1 aromatic heterocycles. The lowest BCUT2D eigenvalue weighted by molar-refractivity contribution is -0.126. The molecule has 0 radical (unpaired) electrons. The quantitative estimate of drug-likeness (QED) is 0.281. The number of esters is 1. The summed E-state index contributed by atoms with van der Waals surface area (Å²) in [6, 6.07) is 4.03. The molecule has 1 aliphatic heterocycles. The van der Waals surface area contributed by atoms with Crippen molar-refractivity contribution in [3.05, 3.63) is 70.4 Å². The lowest BCUT2D eigenvalue weighted by atomic mass is 10.0. The molecule has 0 unspecified atom stereocenters. The van der Waals surface area contributed by atoms with Gasteiger partial charge in [0.05, 0.1) is 19.3 Å². The van der Waals surface area contributed by atoms with E-state index in [9.17, 15) is 18.8 Å². The maximum Gasteiger partial charge on any atom is 0.422 e. The van der Waals surface area contributed by atoms with Crippen LogP contribution in [0.15, 0.2) is 47.4 Å². The maximum absolute atomic E-state index is 14.1. The number of nitrogens with zero attached hydrogens (tertiary/aromatic N) is 3. The highest BCUT2D eigenvalue weighted by Crippen LogP contribution is 2.37. The van der Waals surface area contributed by atoms with Crippen LogP contribution in [-0.4, -0.2) is 53.4 Å². The van der Waals surface area contributed by atoms with E-state index in [1.54, 1.807) is 45.2 Å². The van der Waals surface area contributed by atoms with Crippen molar-refractivity contribution < 1.29 is 33.0 Å². The van der Waals surface area contributed by atoms with Crippen molar-refractivity contribution in [2.45, 2.75) is 66.5 Å². The normalized spacial score (nSPS) is 13.4. The summed E-state index contributed by atoms with van der Waals surface area (Å²) < 4.78 is 30.1. The molecule has 10 nitrogen and oxygen atoms in total. The fourth-order valence-electron chi connectivity index (χ4n) is 4.19. The Hall–Kier alpha value is -4.54. The molecule has 0 saturated heterocycles. The van der Waals surface area contributed by atoms with Crippen LogP contribution < -0.4 is 10.1 Å². The molecule has 2 heterocycles. The van der Waals surface area contributed by atoms with Gasteiger partial charge in [-0.2, -0.15) is 4.90 Å². The highest BCUT2D eigenvalue weighted by molar-refractivity contribution is 5.94. The summed E-state index contributed by atoms with van der Waals surface area (Å²) >= 11 is 0. The van der Waals surface area contributed by atoms with Crippen LogP contribution in [0.1, 0.15) is 75.0 Å². The van der Waals surface area contributed by atoms with E-state index in [4.69, 9.17) is 14.2 Å². The Balaban J connectivity index is 1.82. The topological polar surface area (TPSA) is 119 Å². The lowest BCUT2D eigenvalue weighted by Crippen LogP contribution is -2.38. The SMILES string of the molecule is CC/C=C(/N=C/C=C(\C)c1cnc(NCc2cc(F)cc(C(=O)OC)c2)c2c1OCC2)N(C(C)=O)C(=O)OC(C)(C)C. The van der Waals surface area contributed by atoms with Crippen LogP contribution in [0.2, 0.25) is 0 Å². The van der Waals surface area contributed by atoms with Crippen molar-refractivity contribution in [1.29, 1.82) is 0 Å². The Kier molecular flexibility index (Phi) is 10.6. The zero-order valence-corrected chi connectivity index (χ0v) is 25.0. The van der Waals surface area contributed by atoms with E-state index in [1.165, 1.54) is 26.3 Å². The summed E-state index contributed by atoms with van der Waals surface area (Å²) in [4.78, 5) is 46.7. The number of carbonyl (C=O) groups excluding carboxylic acids is 3. The molecule has 0 spiro atoms. The Bertz CT molecular complexity index is 1440. The van der Waals surface area contributed by atoms with Gasteiger partial charge in [-0.3, -0.25) is 4.79 Å². The molecular weight excluding hydrogens is 543 g/mol. The predicted octanol–water partition coefficient (Wildman–Crippen LogP) is 6.06. The summed E-state index contributed by atoms with van der Waals surface area (Å²) in [5.41, 5.74) is 2.34. The maximum atomic E-state index is 14.1. The van der Waals surface area contributed by atoms with Crippen molar-refractivity contribution in [2.75, 3.05) is 19.0 Å². The molecule has 2 aromatic rings. The summed E-state index contributed by atoms with van der Waals surface area (Å²) in [5.74, 6) is -0.236. The van der Waals surface area contributed by atoms with E-state index in [2.05, 4.69) is 15.3 Å². The van der Waals surface area contributed by atoms with Crippen LogP contribution in [0.3, 0.4) is 0 Å². The van der Waals surface area contributed by atoms with Crippen LogP contribution in [0.5, 0.6) is 5.75 Å². The van der Waals surface area contributed by atoms with Gasteiger partial charge in [0, 0.05) is 43.4 Å². The number of pyridine rings is 1. The van der Waals surface area contributed by atoms with E-state index in [0.29, 0.717) is 36.6 Å². The Morgan fingerprint density at radius 3 is 2.60 bits per heavy atom. The largest absolute Gasteiger partial charge is 0.492 e. The van der Waals surface area contributed by atoms with Gasteiger partial charge in [0.25, 0.3) is 0 Å². The summed E-state index contributed by atoms with van der Waals surface area (Å²) in [6.45, 7) is 10.9. The molecule has 0 aliphatic carbocycles. The van der Waals surface area contributed by atoms with Crippen molar-refractivity contribution in [1.82, 2.24) is 9.88 Å². The van der Waals surface area contributed by atoms with Gasteiger partial charge < -0.3 is 19.5 Å². The zero-order chi connectivity index (χ0) is 31.0. The van der Waals surface area contributed by atoms with Crippen molar-refractivity contribution in [3.8, 4) is 5.75 Å². The molecule has 0 atom stereocenters. The first kappa shape index (κ1) is 32.0. The standard InChI is InChI=1S/C31H37FN4O6/c1-8-9-26(36(20(3)37)30(39)42-31(4,5)6)33-12-10-19(2)25-18-35-28(24-11-13-41-27(24)25)34-17-21-14-22(29(38)40-7)16-23(32)15-21/h9-10,12,14-16,18H,8,11,13,17H2,1-7H3,(H,34,35)/b19-10+,26-9-,33-12+. The Morgan fingerprint density at radius 1 is 1.21 bits per heavy atom. The Morgan fingerprint density at radius 2 is 1.95 bits per heavy atom. The minimum absolute atomic E-state index is 0.128. The summed E-state index contributed by atoms with van der Waals surface area (Å²) in [7, 11) is 1.24. The number of aromatic nitrogens is 1. The smallest absolute Gasteiger partial charge is 0.422 e. The summed E-state index contributed by atoms with van der Waals surface area (Å²) in [5, 5.41) is 3.22. The van der Waals surface area contributed by atoms with Gasteiger partial charge in [-0.25, -0.2) is 24.0 Å². The van der Waals surface area contributed by atoms with Gasteiger partial charge in [-0.15, -0.1) is 0 Å². The second kappa shape index (κ2) is 13.9. The third-order valence-corrected chi connectivity index (χ3v) is 6.03. The van der Waals surface area contributed by atoms with E-state index in [0.717, 1.165) is 27.7 Å². The minimum atomic E-state index is -0.800. The average Bonchev–Trinajstić information content (AvgIpc) is 3.40. The van der Waals surface area contributed by atoms with E-state index < -0.39 is 29.4 Å². The number of rotatable bonds is 9. The molecule has 1 N–H and O–H groups in total. The minimum Gasteiger partial charge on any atom is -0.492 e. The number of imide groups is 1. The van der Waals surface area contributed by atoms with Crippen LogP contribution >= 0.6 is 0 Å². The van der Waals surface area contributed by atoms with Crippen LogP contribution in [0.25, 0.3) is 5.57 Å². The fourth-order valence-corrected chi connectivity index (χ4v) is 4.19. The molecule has 3 rings (SSSR count). The first-order valence-electron chi connectivity index (χ1n) is 13.6. The number of allylic oxidation sites excluding steroid dienone is 3. The second-order valence-corrected chi connectivity index (χ2v) is 10.6. The monoisotopic (exact) mass is 580 g/mol. The van der Waals surface area contributed by atoms with Crippen molar-refractivity contribution in [3.63, 3.8) is 0 Å². The van der Waals surface area contributed by atoms with Crippen LogP contribution in [-0.2, 0) is 27.2 Å². The highest BCUT2D eigenvalue weighted by Gasteiger charge is 2.28. The number of ether oxygens (including phenoxy) is 3. The van der Waals surface area contributed by atoms with Crippen molar-refractivity contribution >= 4 is 35.6 Å². The number of benzene rings is 1. The molecular formula is C31H37FN4O6. The number of hydrogen-bond acceptors (Lipinski definition) is 9. The number of nitrogens with one attached hydrogen (secondary N) is 1. The first-order valence-corrected chi connectivity index (χ1v) is 13.6. The average molecular weight is 581 g/mol. The van der Waals surface area contributed by atoms with Gasteiger partial charge in [0.15, 0.2) is 0 Å². The molecule has 0 fully saturated rings. The first-order chi connectivity index (χ1) is 19.8. The lowest BCUT2D eigenvalue weighted by Gasteiger charge is -2.25. The fraction of sp³-hybridized carbons (Fsp3) is 0.387. The predicted molar refractivity (Wildman–Crippen MR) is 158 cm³/mol. The number of hydrogen-bond donors (Lipinski definition) is 1. The van der Waals surface area contributed by atoms with Gasteiger partial charge in [0.2, 0.25) is 5.91 Å². The van der Waals surface area contributed by atoms with E-state index in [1.807, 2.05) is 13.8 Å². The van der Waals surface area contributed by atoms with Gasteiger partial charge in [-0.1, -0.05) is 6.92 Å². The molecule has 0 bridgehead atoms. The van der Waals surface area contributed by atoms with Crippen LogP contribution in [0, 0.1) is 5.82 Å². The number of carbonyl (C=O) groups is 3. The number of anilines is 1. The molecule has 1 aliphatic rings. The number of amides is 2. The molecule has 0 saturated carbocycles. The molecule has 11 heteroatoms. The number of aliphatic imine (C=N–C) groups is 1.